The average molecular weight is 286 g/mol. The summed E-state index contributed by atoms with van der Waals surface area (Å²) in [5.74, 6) is 0.0853. The number of ether oxygens (including phenoxy) is 3. The quantitative estimate of drug-likeness (QED) is 0.862. The standard InChI is InChI=1S/C16H30O4/c1-6-19-16(7-9-18-10-8-16)13(17)12-11-14(2,3)20-15(12,4)5/h12-13,17H,6-11H2,1-5H3. The molecule has 0 radical (unpaired) electrons. The molecule has 0 aromatic rings. The third kappa shape index (κ3) is 3.03. The van der Waals surface area contributed by atoms with Gasteiger partial charge in [0.1, 0.15) is 0 Å². The summed E-state index contributed by atoms with van der Waals surface area (Å²) < 4.78 is 17.6. The molecule has 2 heterocycles. The van der Waals surface area contributed by atoms with Crippen LogP contribution in [0.2, 0.25) is 0 Å². The largest absolute Gasteiger partial charge is 0.390 e. The zero-order valence-corrected chi connectivity index (χ0v) is 13.6. The van der Waals surface area contributed by atoms with E-state index >= 15 is 0 Å². The highest BCUT2D eigenvalue weighted by Gasteiger charge is 2.55. The van der Waals surface area contributed by atoms with E-state index < -0.39 is 11.7 Å². The van der Waals surface area contributed by atoms with Crippen LogP contribution in [0.3, 0.4) is 0 Å². The molecule has 0 aliphatic carbocycles. The van der Waals surface area contributed by atoms with Gasteiger partial charge in [0, 0.05) is 38.6 Å². The smallest absolute Gasteiger partial charge is 0.0987 e. The lowest BCUT2D eigenvalue weighted by Crippen LogP contribution is -2.55. The van der Waals surface area contributed by atoms with E-state index in [2.05, 4.69) is 27.7 Å². The fourth-order valence-electron chi connectivity index (χ4n) is 3.99. The maximum atomic E-state index is 11.1. The first-order valence-electron chi connectivity index (χ1n) is 7.82. The summed E-state index contributed by atoms with van der Waals surface area (Å²) in [6.07, 6.45) is 1.86. The minimum Gasteiger partial charge on any atom is -0.390 e. The van der Waals surface area contributed by atoms with E-state index in [0.29, 0.717) is 19.8 Å². The molecule has 4 nitrogen and oxygen atoms in total. The van der Waals surface area contributed by atoms with E-state index in [-0.39, 0.29) is 17.1 Å². The molecule has 0 bridgehead atoms. The molecule has 118 valence electrons. The molecule has 20 heavy (non-hydrogen) atoms. The predicted molar refractivity (Wildman–Crippen MR) is 77.8 cm³/mol. The van der Waals surface area contributed by atoms with Crippen molar-refractivity contribution >= 4 is 0 Å². The van der Waals surface area contributed by atoms with Crippen LogP contribution in [0.4, 0.5) is 0 Å². The van der Waals surface area contributed by atoms with Crippen LogP contribution in [-0.2, 0) is 14.2 Å². The summed E-state index contributed by atoms with van der Waals surface area (Å²) in [6, 6.07) is 0. The van der Waals surface area contributed by atoms with Gasteiger partial charge in [0.2, 0.25) is 0 Å². The van der Waals surface area contributed by atoms with Crippen molar-refractivity contribution in [3.05, 3.63) is 0 Å². The van der Waals surface area contributed by atoms with Crippen LogP contribution in [-0.4, -0.2) is 47.8 Å². The molecular formula is C16H30O4. The second kappa shape index (κ2) is 5.56. The summed E-state index contributed by atoms with van der Waals surface area (Å²) in [5.41, 5.74) is -0.988. The highest BCUT2D eigenvalue weighted by molar-refractivity contribution is 5.04. The summed E-state index contributed by atoms with van der Waals surface area (Å²) in [7, 11) is 0. The molecule has 2 unspecified atom stereocenters. The van der Waals surface area contributed by atoms with Gasteiger partial charge in [0.25, 0.3) is 0 Å². The minimum atomic E-state index is -0.511. The first-order chi connectivity index (χ1) is 9.22. The Labute approximate surface area is 122 Å². The molecule has 0 saturated carbocycles. The molecule has 0 aromatic heterocycles. The van der Waals surface area contributed by atoms with Gasteiger partial charge in [-0.1, -0.05) is 0 Å². The Balaban J connectivity index is 2.21. The van der Waals surface area contributed by atoms with Crippen LogP contribution < -0.4 is 0 Å². The number of hydrogen-bond donors (Lipinski definition) is 1. The zero-order valence-electron chi connectivity index (χ0n) is 13.6. The van der Waals surface area contributed by atoms with Crippen LogP contribution in [0.5, 0.6) is 0 Å². The third-order valence-electron chi connectivity index (χ3n) is 4.83. The number of aliphatic hydroxyl groups excluding tert-OH is 1. The molecule has 0 amide bonds. The zero-order chi connectivity index (χ0) is 15.0. The fraction of sp³-hybridized carbons (Fsp3) is 1.00. The molecule has 2 rings (SSSR count). The molecule has 2 fully saturated rings. The van der Waals surface area contributed by atoms with Crippen LogP contribution in [0.1, 0.15) is 53.9 Å². The van der Waals surface area contributed by atoms with Crippen molar-refractivity contribution in [2.24, 2.45) is 5.92 Å². The Bertz CT molecular complexity index is 326. The summed E-state index contributed by atoms with van der Waals surface area (Å²) in [5, 5.41) is 11.1. The Morgan fingerprint density at radius 2 is 1.80 bits per heavy atom. The maximum Gasteiger partial charge on any atom is 0.0987 e. The Hall–Kier alpha value is -0.160. The van der Waals surface area contributed by atoms with Gasteiger partial charge in [-0.2, -0.15) is 0 Å². The number of hydrogen-bond acceptors (Lipinski definition) is 4. The van der Waals surface area contributed by atoms with Crippen molar-refractivity contribution in [1.29, 1.82) is 0 Å². The van der Waals surface area contributed by atoms with Gasteiger partial charge in [-0.3, -0.25) is 0 Å². The highest BCUT2D eigenvalue weighted by atomic mass is 16.5. The summed E-state index contributed by atoms with van der Waals surface area (Å²) in [6.45, 7) is 12.3. The molecule has 2 aliphatic heterocycles. The normalized spacial score (nSPS) is 33.0. The Morgan fingerprint density at radius 1 is 1.20 bits per heavy atom. The van der Waals surface area contributed by atoms with E-state index in [9.17, 15) is 5.11 Å². The van der Waals surface area contributed by atoms with Crippen LogP contribution in [0.25, 0.3) is 0 Å². The Kier molecular flexibility index (Phi) is 4.51. The van der Waals surface area contributed by atoms with Gasteiger partial charge >= 0.3 is 0 Å². The molecule has 0 spiro atoms. The van der Waals surface area contributed by atoms with Gasteiger partial charge < -0.3 is 19.3 Å². The summed E-state index contributed by atoms with van der Waals surface area (Å²) >= 11 is 0. The lowest BCUT2D eigenvalue weighted by Gasteiger charge is -2.45. The number of aliphatic hydroxyl groups is 1. The SMILES string of the molecule is CCOC1(C(O)C2CC(C)(C)OC2(C)C)CCOCC1. The van der Waals surface area contributed by atoms with Gasteiger partial charge in [0.05, 0.1) is 22.9 Å². The molecule has 2 aliphatic rings. The van der Waals surface area contributed by atoms with Crippen molar-refractivity contribution in [3.8, 4) is 0 Å². The van der Waals surface area contributed by atoms with Gasteiger partial charge in [-0.15, -0.1) is 0 Å². The van der Waals surface area contributed by atoms with Crippen molar-refractivity contribution in [1.82, 2.24) is 0 Å². The van der Waals surface area contributed by atoms with E-state index in [4.69, 9.17) is 14.2 Å². The molecule has 0 aromatic carbocycles. The van der Waals surface area contributed by atoms with E-state index in [0.717, 1.165) is 19.3 Å². The van der Waals surface area contributed by atoms with Crippen LogP contribution in [0.15, 0.2) is 0 Å². The summed E-state index contributed by atoms with van der Waals surface area (Å²) in [4.78, 5) is 0. The molecule has 2 atom stereocenters. The third-order valence-corrected chi connectivity index (χ3v) is 4.83. The van der Waals surface area contributed by atoms with E-state index in [1.807, 2.05) is 6.92 Å². The molecule has 4 heteroatoms. The van der Waals surface area contributed by atoms with Gasteiger partial charge in [0.15, 0.2) is 0 Å². The van der Waals surface area contributed by atoms with Gasteiger partial charge in [-0.25, -0.2) is 0 Å². The van der Waals surface area contributed by atoms with Gasteiger partial charge in [-0.05, 0) is 41.0 Å². The van der Waals surface area contributed by atoms with Crippen molar-refractivity contribution in [2.45, 2.75) is 76.8 Å². The van der Waals surface area contributed by atoms with E-state index in [1.165, 1.54) is 0 Å². The van der Waals surface area contributed by atoms with Crippen molar-refractivity contribution in [2.75, 3.05) is 19.8 Å². The average Bonchev–Trinajstić information content (AvgIpc) is 2.58. The van der Waals surface area contributed by atoms with Crippen LogP contribution >= 0.6 is 0 Å². The van der Waals surface area contributed by atoms with E-state index in [1.54, 1.807) is 0 Å². The second-order valence-electron chi connectivity index (χ2n) is 7.33. The lowest BCUT2D eigenvalue weighted by molar-refractivity contribution is -0.193. The molecular weight excluding hydrogens is 256 g/mol. The minimum absolute atomic E-state index is 0.0853. The van der Waals surface area contributed by atoms with Crippen molar-refractivity contribution in [3.63, 3.8) is 0 Å². The molecule has 2 saturated heterocycles. The second-order valence-corrected chi connectivity index (χ2v) is 7.33. The topological polar surface area (TPSA) is 47.9 Å². The highest BCUT2D eigenvalue weighted by Crippen LogP contribution is 2.47. The monoisotopic (exact) mass is 286 g/mol. The predicted octanol–water partition coefficient (Wildman–Crippen LogP) is 2.53. The molecule has 1 N–H and O–H groups in total. The van der Waals surface area contributed by atoms with Crippen molar-refractivity contribution < 1.29 is 19.3 Å². The van der Waals surface area contributed by atoms with Crippen LogP contribution in [0, 0.1) is 5.92 Å². The Morgan fingerprint density at radius 3 is 2.25 bits per heavy atom. The first-order valence-corrected chi connectivity index (χ1v) is 7.82. The first kappa shape index (κ1) is 16.2. The lowest BCUT2D eigenvalue weighted by atomic mass is 9.73. The maximum absolute atomic E-state index is 11.1. The number of rotatable bonds is 4. The fourth-order valence-corrected chi connectivity index (χ4v) is 3.99.